The Hall–Kier alpha value is -1.88. The van der Waals surface area contributed by atoms with E-state index in [-0.39, 0.29) is 17.8 Å². The Morgan fingerprint density at radius 3 is 2.35 bits per heavy atom. The zero-order chi connectivity index (χ0) is 15.1. The van der Waals surface area contributed by atoms with Crippen LogP contribution in [-0.2, 0) is 9.53 Å². The number of benzene rings is 1. The van der Waals surface area contributed by atoms with Gasteiger partial charge < -0.3 is 15.8 Å². The summed E-state index contributed by atoms with van der Waals surface area (Å²) in [6.45, 7) is 6.02. The van der Waals surface area contributed by atoms with E-state index in [1.54, 1.807) is 31.2 Å². The Bertz CT molecular complexity index is 457. The molecule has 0 aliphatic carbocycles. The maximum Gasteiger partial charge on any atom is 0.338 e. The fourth-order valence-electron chi connectivity index (χ4n) is 1.64. The van der Waals surface area contributed by atoms with Crippen LogP contribution in [0.25, 0.3) is 0 Å². The number of carbonyl (C=O) groups excluding carboxylic acids is 2. The van der Waals surface area contributed by atoms with Crippen LogP contribution in [0.5, 0.6) is 0 Å². The molecule has 5 heteroatoms. The van der Waals surface area contributed by atoms with Gasteiger partial charge in [-0.05, 0) is 37.1 Å². The molecular formula is C15H22N2O3. The summed E-state index contributed by atoms with van der Waals surface area (Å²) in [7, 11) is 0. The predicted octanol–water partition coefficient (Wildman–Crippen LogP) is 2.18. The van der Waals surface area contributed by atoms with E-state index in [0.717, 1.165) is 6.42 Å². The lowest BCUT2D eigenvalue weighted by atomic mass is 9.99. The van der Waals surface area contributed by atoms with Gasteiger partial charge in [-0.2, -0.15) is 0 Å². The number of carbonyl (C=O) groups is 2. The van der Waals surface area contributed by atoms with Crippen molar-refractivity contribution < 1.29 is 14.3 Å². The van der Waals surface area contributed by atoms with Gasteiger partial charge in [-0.15, -0.1) is 0 Å². The molecule has 0 bridgehead atoms. The van der Waals surface area contributed by atoms with Crippen molar-refractivity contribution in [1.29, 1.82) is 0 Å². The molecule has 1 rings (SSSR count). The second kappa shape index (κ2) is 7.65. The second-order valence-corrected chi connectivity index (χ2v) is 4.70. The first-order valence-electron chi connectivity index (χ1n) is 6.83. The van der Waals surface area contributed by atoms with Crippen LogP contribution in [0.1, 0.15) is 37.6 Å². The predicted molar refractivity (Wildman–Crippen MR) is 78.5 cm³/mol. The lowest BCUT2D eigenvalue weighted by Gasteiger charge is -2.17. The number of ether oxygens (including phenoxy) is 1. The summed E-state index contributed by atoms with van der Waals surface area (Å²) in [5.41, 5.74) is 6.92. The van der Waals surface area contributed by atoms with Crippen molar-refractivity contribution in [3.05, 3.63) is 29.8 Å². The monoisotopic (exact) mass is 278 g/mol. The number of hydrogen-bond donors (Lipinski definition) is 2. The third-order valence-electron chi connectivity index (χ3n) is 3.22. The maximum atomic E-state index is 11.9. The van der Waals surface area contributed by atoms with Crippen molar-refractivity contribution in [1.82, 2.24) is 0 Å². The summed E-state index contributed by atoms with van der Waals surface area (Å²) in [4.78, 5) is 23.4. The van der Waals surface area contributed by atoms with Crippen molar-refractivity contribution in [2.45, 2.75) is 33.2 Å². The van der Waals surface area contributed by atoms with E-state index >= 15 is 0 Å². The van der Waals surface area contributed by atoms with Crippen LogP contribution in [0.2, 0.25) is 0 Å². The fraction of sp³-hybridized carbons (Fsp3) is 0.467. The van der Waals surface area contributed by atoms with E-state index < -0.39 is 6.04 Å². The molecule has 0 spiro atoms. The summed E-state index contributed by atoms with van der Waals surface area (Å²) in [5.74, 6) is -0.473. The third-order valence-corrected chi connectivity index (χ3v) is 3.22. The first-order chi connectivity index (χ1) is 9.49. The lowest BCUT2D eigenvalue weighted by molar-refractivity contribution is -0.118. The SMILES string of the molecule is CCOC(=O)c1ccc(NC(=O)[C@@H](N)[C@@H](C)CC)cc1. The molecule has 0 saturated heterocycles. The van der Waals surface area contributed by atoms with E-state index in [9.17, 15) is 9.59 Å². The van der Waals surface area contributed by atoms with Crippen molar-refractivity contribution >= 4 is 17.6 Å². The minimum absolute atomic E-state index is 0.119. The van der Waals surface area contributed by atoms with Gasteiger partial charge >= 0.3 is 5.97 Å². The smallest absolute Gasteiger partial charge is 0.338 e. The molecule has 0 aliphatic heterocycles. The van der Waals surface area contributed by atoms with Gasteiger partial charge in [-0.25, -0.2) is 4.79 Å². The molecule has 1 aromatic rings. The molecule has 5 nitrogen and oxygen atoms in total. The number of anilines is 1. The van der Waals surface area contributed by atoms with E-state index in [0.29, 0.717) is 17.9 Å². The number of esters is 1. The molecule has 110 valence electrons. The topological polar surface area (TPSA) is 81.4 Å². The minimum atomic E-state index is -0.537. The Morgan fingerprint density at radius 2 is 1.85 bits per heavy atom. The molecular weight excluding hydrogens is 256 g/mol. The zero-order valence-corrected chi connectivity index (χ0v) is 12.2. The maximum absolute atomic E-state index is 11.9. The van der Waals surface area contributed by atoms with Gasteiger partial charge in [-0.1, -0.05) is 20.3 Å². The Labute approximate surface area is 119 Å². The van der Waals surface area contributed by atoms with E-state index in [4.69, 9.17) is 10.5 Å². The molecule has 2 atom stereocenters. The molecule has 1 amide bonds. The highest BCUT2D eigenvalue weighted by molar-refractivity contribution is 5.95. The molecule has 0 heterocycles. The first kappa shape index (κ1) is 16.2. The standard InChI is InChI=1S/C15H22N2O3/c1-4-10(3)13(16)14(18)17-12-8-6-11(7-9-12)15(19)20-5-2/h6-10,13H,4-5,16H2,1-3H3,(H,17,18)/t10-,13-/m0/s1. The number of hydrogen-bond acceptors (Lipinski definition) is 4. The van der Waals surface area contributed by atoms with Gasteiger partial charge in [0.2, 0.25) is 5.91 Å². The molecule has 0 saturated carbocycles. The molecule has 0 aliphatic rings. The van der Waals surface area contributed by atoms with Crippen molar-refractivity contribution in [2.75, 3.05) is 11.9 Å². The van der Waals surface area contributed by atoms with Crippen LogP contribution < -0.4 is 11.1 Å². The first-order valence-corrected chi connectivity index (χ1v) is 6.83. The summed E-state index contributed by atoms with van der Waals surface area (Å²) in [6, 6.07) is 6.01. The Balaban J connectivity index is 2.66. The van der Waals surface area contributed by atoms with E-state index in [2.05, 4.69) is 5.32 Å². The molecule has 20 heavy (non-hydrogen) atoms. The van der Waals surface area contributed by atoms with Crippen molar-refractivity contribution in [3.8, 4) is 0 Å². The van der Waals surface area contributed by atoms with Crippen molar-refractivity contribution in [3.63, 3.8) is 0 Å². The van der Waals surface area contributed by atoms with Crippen LogP contribution in [0.15, 0.2) is 24.3 Å². The molecule has 1 aromatic carbocycles. The van der Waals surface area contributed by atoms with Gasteiger partial charge in [0, 0.05) is 5.69 Å². The van der Waals surface area contributed by atoms with Crippen molar-refractivity contribution in [2.24, 2.45) is 11.7 Å². The van der Waals surface area contributed by atoms with E-state index in [1.165, 1.54) is 0 Å². The van der Waals surface area contributed by atoms with Gasteiger partial charge in [0.15, 0.2) is 0 Å². The van der Waals surface area contributed by atoms with Crippen LogP contribution >= 0.6 is 0 Å². The van der Waals surface area contributed by atoms with Gasteiger partial charge in [-0.3, -0.25) is 4.79 Å². The minimum Gasteiger partial charge on any atom is -0.462 e. The number of nitrogens with two attached hydrogens (primary N) is 1. The normalized spacial score (nSPS) is 13.4. The Kier molecular flexibility index (Phi) is 6.18. The Morgan fingerprint density at radius 1 is 1.25 bits per heavy atom. The highest BCUT2D eigenvalue weighted by Gasteiger charge is 2.19. The van der Waals surface area contributed by atoms with Crippen LogP contribution in [0.4, 0.5) is 5.69 Å². The fourth-order valence-corrected chi connectivity index (χ4v) is 1.64. The summed E-state index contributed by atoms with van der Waals surface area (Å²) in [6.07, 6.45) is 0.844. The molecule has 3 N–H and O–H groups in total. The number of amides is 1. The van der Waals surface area contributed by atoms with E-state index in [1.807, 2.05) is 13.8 Å². The average molecular weight is 278 g/mol. The summed E-state index contributed by atoms with van der Waals surface area (Å²) in [5, 5.41) is 2.74. The van der Waals surface area contributed by atoms with Gasteiger partial charge in [0.1, 0.15) is 0 Å². The molecule has 0 aromatic heterocycles. The highest BCUT2D eigenvalue weighted by Crippen LogP contribution is 2.13. The van der Waals surface area contributed by atoms with Crippen LogP contribution in [0, 0.1) is 5.92 Å². The highest BCUT2D eigenvalue weighted by atomic mass is 16.5. The number of rotatable bonds is 6. The van der Waals surface area contributed by atoms with Gasteiger partial charge in [0.05, 0.1) is 18.2 Å². The lowest BCUT2D eigenvalue weighted by Crippen LogP contribution is -2.40. The zero-order valence-electron chi connectivity index (χ0n) is 12.2. The summed E-state index contributed by atoms with van der Waals surface area (Å²) >= 11 is 0. The van der Waals surface area contributed by atoms with Crippen LogP contribution in [0.3, 0.4) is 0 Å². The van der Waals surface area contributed by atoms with Crippen LogP contribution in [-0.4, -0.2) is 24.5 Å². The average Bonchev–Trinajstić information content (AvgIpc) is 2.46. The molecule has 0 fully saturated rings. The van der Waals surface area contributed by atoms with Gasteiger partial charge in [0.25, 0.3) is 0 Å². The molecule has 0 radical (unpaired) electrons. The quantitative estimate of drug-likeness (QED) is 0.781. The second-order valence-electron chi connectivity index (χ2n) is 4.70. The summed E-state index contributed by atoms with van der Waals surface area (Å²) < 4.78 is 4.89. The molecule has 0 unspecified atom stereocenters. The largest absolute Gasteiger partial charge is 0.462 e. The number of nitrogens with one attached hydrogen (secondary N) is 1. The third kappa shape index (κ3) is 4.35.